The lowest BCUT2D eigenvalue weighted by Gasteiger charge is -2.26. The molecule has 1 aliphatic heterocycles. The Bertz CT molecular complexity index is 446. The Hall–Kier alpha value is -1.59. The molecule has 0 bridgehead atoms. The molecule has 2 rings (SSSR count). The second-order valence-corrected chi connectivity index (χ2v) is 7.07. The van der Waals surface area contributed by atoms with Gasteiger partial charge in [0.2, 0.25) is 11.8 Å². The van der Waals surface area contributed by atoms with Crippen LogP contribution in [0.5, 0.6) is 0 Å². The second-order valence-electron chi connectivity index (χ2n) is 7.07. The van der Waals surface area contributed by atoms with Crippen LogP contribution in [0.1, 0.15) is 64.2 Å². The first kappa shape index (κ1) is 18.7. The van der Waals surface area contributed by atoms with Gasteiger partial charge in [0.1, 0.15) is 6.04 Å². The zero-order chi connectivity index (χ0) is 17.4. The highest BCUT2D eigenvalue weighted by molar-refractivity contribution is 5.88. The van der Waals surface area contributed by atoms with Gasteiger partial charge in [-0.1, -0.05) is 38.5 Å². The highest BCUT2D eigenvalue weighted by Crippen LogP contribution is 2.27. The molecule has 2 fully saturated rings. The third-order valence-electron chi connectivity index (χ3n) is 5.20. The summed E-state index contributed by atoms with van der Waals surface area (Å²) in [5, 5.41) is 5.65. The van der Waals surface area contributed by atoms with Gasteiger partial charge in [-0.2, -0.15) is 0 Å². The predicted molar refractivity (Wildman–Crippen MR) is 90.1 cm³/mol. The van der Waals surface area contributed by atoms with Gasteiger partial charge in [0.15, 0.2) is 0 Å². The number of methoxy groups -OCH3 is 1. The Labute approximate surface area is 144 Å². The number of esters is 1. The largest absolute Gasteiger partial charge is 0.467 e. The number of carbonyl (C=O) groups excluding carboxylic acids is 3. The molecule has 0 spiro atoms. The molecule has 1 heterocycles. The summed E-state index contributed by atoms with van der Waals surface area (Å²) < 4.78 is 4.85. The second kappa shape index (κ2) is 9.64. The summed E-state index contributed by atoms with van der Waals surface area (Å²) in [4.78, 5) is 36.3. The normalized spacial score (nSPS) is 23.7. The van der Waals surface area contributed by atoms with E-state index in [9.17, 15) is 14.4 Å². The van der Waals surface area contributed by atoms with E-state index in [-0.39, 0.29) is 30.1 Å². The maximum Gasteiger partial charge on any atom is 0.328 e. The van der Waals surface area contributed by atoms with E-state index in [2.05, 4.69) is 10.6 Å². The van der Waals surface area contributed by atoms with Crippen LogP contribution in [0.3, 0.4) is 0 Å². The third-order valence-corrected chi connectivity index (χ3v) is 5.20. The maximum atomic E-state index is 12.3. The summed E-state index contributed by atoms with van der Waals surface area (Å²) in [5.74, 6) is -0.503. The standard InChI is InChI=1S/C18H30N2O4/c1-24-18(23)15(11-13-7-3-2-4-8-13)20-16(21)12-14-9-5-6-10-19-17(14)22/h13-15H,2-12H2,1H3,(H,19,22)(H,20,21). The van der Waals surface area contributed by atoms with Gasteiger partial charge in [0, 0.05) is 18.9 Å². The van der Waals surface area contributed by atoms with Gasteiger partial charge in [-0.15, -0.1) is 0 Å². The van der Waals surface area contributed by atoms with Crippen LogP contribution in [0, 0.1) is 11.8 Å². The zero-order valence-electron chi connectivity index (χ0n) is 14.6. The molecular weight excluding hydrogens is 308 g/mol. The Kier molecular flexibility index (Phi) is 7.53. The van der Waals surface area contributed by atoms with Crippen LogP contribution in [0.4, 0.5) is 0 Å². The Morgan fingerprint density at radius 3 is 2.58 bits per heavy atom. The minimum atomic E-state index is -0.598. The lowest BCUT2D eigenvalue weighted by Crippen LogP contribution is -2.44. The van der Waals surface area contributed by atoms with Gasteiger partial charge in [-0.05, 0) is 25.2 Å². The number of rotatable bonds is 6. The Morgan fingerprint density at radius 1 is 1.17 bits per heavy atom. The Balaban J connectivity index is 1.88. The molecule has 6 nitrogen and oxygen atoms in total. The number of ether oxygens (including phenoxy) is 1. The summed E-state index contributed by atoms with van der Waals surface area (Å²) >= 11 is 0. The van der Waals surface area contributed by atoms with E-state index >= 15 is 0 Å². The molecule has 0 radical (unpaired) electrons. The van der Waals surface area contributed by atoms with Crippen molar-refractivity contribution in [2.45, 2.75) is 70.3 Å². The van der Waals surface area contributed by atoms with Crippen molar-refractivity contribution in [3.05, 3.63) is 0 Å². The fourth-order valence-corrected chi connectivity index (χ4v) is 3.79. The molecule has 136 valence electrons. The number of hydrogen-bond donors (Lipinski definition) is 2. The third kappa shape index (κ3) is 5.80. The molecule has 1 saturated heterocycles. The van der Waals surface area contributed by atoms with Gasteiger partial charge in [-0.3, -0.25) is 9.59 Å². The van der Waals surface area contributed by atoms with E-state index in [1.807, 2.05) is 0 Å². The molecule has 1 saturated carbocycles. The summed E-state index contributed by atoms with van der Waals surface area (Å²) in [6, 6.07) is -0.598. The summed E-state index contributed by atoms with van der Waals surface area (Å²) in [5.41, 5.74) is 0. The monoisotopic (exact) mass is 338 g/mol. The number of hydrogen-bond acceptors (Lipinski definition) is 4. The molecule has 1 aliphatic carbocycles. The minimum absolute atomic E-state index is 0.0513. The van der Waals surface area contributed by atoms with E-state index in [1.54, 1.807) is 0 Å². The topological polar surface area (TPSA) is 84.5 Å². The van der Waals surface area contributed by atoms with Gasteiger partial charge in [-0.25, -0.2) is 4.79 Å². The van der Waals surface area contributed by atoms with Gasteiger partial charge < -0.3 is 15.4 Å². The molecule has 0 aromatic rings. The number of carbonyl (C=O) groups is 3. The van der Waals surface area contributed by atoms with Crippen molar-refractivity contribution in [3.63, 3.8) is 0 Å². The molecule has 2 amide bonds. The van der Waals surface area contributed by atoms with Gasteiger partial charge in [0.05, 0.1) is 7.11 Å². The van der Waals surface area contributed by atoms with Crippen molar-refractivity contribution in [3.8, 4) is 0 Å². The average molecular weight is 338 g/mol. The lowest BCUT2D eigenvalue weighted by molar-refractivity contribution is -0.145. The molecule has 2 N–H and O–H groups in total. The molecule has 2 aliphatic rings. The van der Waals surface area contributed by atoms with Crippen molar-refractivity contribution in [1.82, 2.24) is 10.6 Å². The van der Waals surface area contributed by atoms with E-state index in [1.165, 1.54) is 26.4 Å². The number of amides is 2. The van der Waals surface area contributed by atoms with E-state index in [0.717, 1.165) is 32.1 Å². The van der Waals surface area contributed by atoms with E-state index < -0.39 is 6.04 Å². The molecule has 2 atom stereocenters. The van der Waals surface area contributed by atoms with Crippen molar-refractivity contribution < 1.29 is 19.1 Å². The molecule has 6 heteroatoms. The fourth-order valence-electron chi connectivity index (χ4n) is 3.79. The van der Waals surface area contributed by atoms with Crippen LogP contribution in [0.25, 0.3) is 0 Å². The van der Waals surface area contributed by atoms with Crippen LogP contribution >= 0.6 is 0 Å². The maximum absolute atomic E-state index is 12.3. The summed E-state index contributed by atoms with van der Waals surface area (Å²) in [6.07, 6.45) is 9.24. The fraction of sp³-hybridized carbons (Fsp3) is 0.833. The van der Waals surface area contributed by atoms with Crippen LogP contribution in [-0.4, -0.2) is 37.5 Å². The van der Waals surface area contributed by atoms with Crippen LogP contribution < -0.4 is 10.6 Å². The molecular formula is C18H30N2O4. The number of nitrogens with one attached hydrogen (secondary N) is 2. The van der Waals surface area contributed by atoms with Crippen molar-refractivity contribution in [1.29, 1.82) is 0 Å². The zero-order valence-corrected chi connectivity index (χ0v) is 14.6. The van der Waals surface area contributed by atoms with Gasteiger partial charge >= 0.3 is 5.97 Å². The summed E-state index contributed by atoms with van der Waals surface area (Å²) in [7, 11) is 1.35. The van der Waals surface area contributed by atoms with E-state index in [4.69, 9.17) is 4.74 Å². The highest BCUT2D eigenvalue weighted by Gasteiger charge is 2.29. The van der Waals surface area contributed by atoms with Crippen LogP contribution in [-0.2, 0) is 19.1 Å². The van der Waals surface area contributed by atoms with E-state index in [0.29, 0.717) is 18.9 Å². The SMILES string of the molecule is COC(=O)C(CC1CCCCC1)NC(=O)CC1CCCCNC1=O. The predicted octanol–water partition coefficient (Wildman–Crippen LogP) is 1.92. The smallest absolute Gasteiger partial charge is 0.328 e. The van der Waals surface area contributed by atoms with Crippen molar-refractivity contribution in [2.75, 3.05) is 13.7 Å². The minimum Gasteiger partial charge on any atom is -0.467 e. The van der Waals surface area contributed by atoms with Crippen LogP contribution in [0.2, 0.25) is 0 Å². The first-order valence-corrected chi connectivity index (χ1v) is 9.25. The van der Waals surface area contributed by atoms with Gasteiger partial charge in [0.25, 0.3) is 0 Å². The highest BCUT2D eigenvalue weighted by atomic mass is 16.5. The Morgan fingerprint density at radius 2 is 1.88 bits per heavy atom. The quantitative estimate of drug-likeness (QED) is 0.725. The summed E-state index contributed by atoms with van der Waals surface area (Å²) in [6.45, 7) is 0.684. The van der Waals surface area contributed by atoms with Crippen molar-refractivity contribution in [2.24, 2.45) is 11.8 Å². The lowest BCUT2D eigenvalue weighted by atomic mass is 9.84. The molecule has 24 heavy (non-hydrogen) atoms. The molecule has 0 aromatic carbocycles. The first-order valence-electron chi connectivity index (χ1n) is 9.25. The molecule has 2 unspecified atom stereocenters. The van der Waals surface area contributed by atoms with Crippen LogP contribution in [0.15, 0.2) is 0 Å². The molecule has 0 aromatic heterocycles. The van der Waals surface area contributed by atoms with Crippen molar-refractivity contribution >= 4 is 17.8 Å². The first-order chi connectivity index (χ1) is 11.6. The average Bonchev–Trinajstić information content (AvgIpc) is 2.79.